The van der Waals surface area contributed by atoms with Crippen LogP contribution in [0.2, 0.25) is 0 Å². The second kappa shape index (κ2) is 3.83. The third-order valence-corrected chi connectivity index (χ3v) is 3.08. The number of fused-ring (bicyclic) bond motifs is 3. The zero-order valence-electron chi connectivity index (χ0n) is 8.61. The summed E-state index contributed by atoms with van der Waals surface area (Å²) in [5, 5.41) is 3.50. The summed E-state index contributed by atoms with van der Waals surface area (Å²) in [7, 11) is 0. The van der Waals surface area contributed by atoms with Crippen molar-refractivity contribution >= 4 is 0 Å². The number of hydrogen-bond acceptors (Lipinski definition) is 3. The summed E-state index contributed by atoms with van der Waals surface area (Å²) < 4.78 is 11.6. The number of para-hydroxylation sites is 1. The number of rotatable bonds is 0. The van der Waals surface area contributed by atoms with Crippen molar-refractivity contribution in [3.63, 3.8) is 0 Å². The van der Waals surface area contributed by atoms with E-state index in [1.807, 2.05) is 18.2 Å². The monoisotopic (exact) mass is 205 g/mol. The molecule has 2 atom stereocenters. The van der Waals surface area contributed by atoms with Crippen molar-refractivity contribution in [2.24, 2.45) is 0 Å². The quantitative estimate of drug-likeness (QED) is 0.696. The average molecular weight is 205 g/mol. The number of hydrogen-bond donors (Lipinski definition) is 1. The van der Waals surface area contributed by atoms with Crippen LogP contribution < -0.4 is 10.1 Å². The maximum atomic E-state index is 5.85. The van der Waals surface area contributed by atoms with E-state index >= 15 is 0 Å². The molecular formula is C12H15NO2. The molecule has 0 saturated carbocycles. The fourth-order valence-electron chi connectivity index (χ4n) is 2.36. The van der Waals surface area contributed by atoms with Gasteiger partial charge in [-0.2, -0.15) is 0 Å². The number of nitrogens with one attached hydrogen (secondary N) is 1. The lowest BCUT2D eigenvalue weighted by Crippen LogP contribution is -2.43. The highest BCUT2D eigenvalue weighted by Gasteiger charge is 2.31. The van der Waals surface area contributed by atoms with Gasteiger partial charge < -0.3 is 14.8 Å². The Bertz CT molecular complexity index is 353. The molecule has 1 aromatic carbocycles. The molecule has 15 heavy (non-hydrogen) atoms. The van der Waals surface area contributed by atoms with Crippen LogP contribution in [0.1, 0.15) is 18.1 Å². The molecule has 1 saturated heterocycles. The number of ether oxygens (including phenoxy) is 2. The van der Waals surface area contributed by atoms with Crippen molar-refractivity contribution in [1.82, 2.24) is 5.32 Å². The van der Waals surface area contributed by atoms with Crippen LogP contribution in [0.4, 0.5) is 0 Å². The summed E-state index contributed by atoms with van der Waals surface area (Å²) in [4.78, 5) is 0. The van der Waals surface area contributed by atoms with E-state index in [1.54, 1.807) is 0 Å². The maximum Gasteiger partial charge on any atom is 0.125 e. The van der Waals surface area contributed by atoms with Gasteiger partial charge in [-0.15, -0.1) is 0 Å². The Morgan fingerprint density at radius 3 is 3.13 bits per heavy atom. The SMILES string of the molecule is c1ccc2c(c1)OCC[C@@H]1NCCO[C@H]21. The summed E-state index contributed by atoms with van der Waals surface area (Å²) in [5.74, 6) is 0.980. The standard InChI is InChI=1S/C12H15NO2/c1-2-4-11-9(3-1)12-10(5-7-14-11)13-6-8-15-12/h1-4,10,12-13H,5-8H2/t10-,12+/m0/s1. The van der Waals surface area contributed by atoms with E-state index in [1.165, 1.54) is 5.56 Å². The topological polar surface area (TPSA) is 30.5 Å². The second-order valence-electron chi connectivity index (χ2n) is 4.03. The molecule has 0 bridgehead atoms. The highest BCUT2D eigenvalue weighted by atomic mass is 16.5. The van der Waals surface area contributed by atoms with Crippen LogP contribution in [0.15, 0.2) is 24.3 Å². The minimum atomic E-state index is 0.164. The molecule has 0 unspecified atom stereocenters. The molecule has 2 aliphatic rings. The van der Waals surface area contributed by atoms with Crippen LogP contribution in [-0.4, -0.2) is 25.8 Å². The predicted octanol–water partition coefficient (Wildman–Crippen LogP) is 1.50. The highest BCUT2D eigenvalue weighted by Crippen LogP contribution is 2.34. The molecule has 3 heteroatoms. The Hall–Kier alpha value is -1.06. The zero-order valence-corrected chi connectivity index (χ0v) is 8.61. The highest BCUT2D eigenvalue weighted by molar-refractivity contribution is 5.37. The predicted molar refractivity (Wildman–Crippen MR) is 57.0 cm³/mol. The molecule has 0 spiro atoms. The van der Waals surface area contributed by atoms with Gasteiger partial charge in [-0.25, -0.2) is 0 Å². The van der Waals surface area contributed by atoms with Crippen LogP contribution in [0, 0.1) is 0 Å². The first kappa shape index (κ1) is 9.19. The first-order chi connectivity index (χ1) is 7.45. The lowest BCUT2D eigenvalue weighted by molar-refractivity contribution is -0.00584. The van der Waals surface area contributed by atoms with Crippen LogP contribution in [-0.2, 0) is 4.74 Å². The van der Waals surface area contributed by atoms with E-state index in [2.05, 4.69) is 11.4 Å². The Labute approximate surface area is 89.4 Å². The van der Waals surface area contributed by atoms with Crippen LogP contribution in [0.3, 0.4) is 0 Å². The van der Waals surface area contributed by atoms with Gasteiger partial charge in [0.2, 0.25) is 0 Å². The molecule has 0 amide bonds. The van der Waals surface area contributed by atoms with Gasteiger partial charge in [0.25, 0.3) is 0 Å². The fraction of sp³-hybridized carbons (Fsp3) is 0.500. The van der Waals surface area contributed by atoms with Crippen LogP contribution in [0.5, 0.6) is 5.75 Å². The van der Waals surface area contributed by atoms with E-state index in [-0.39, 0.29) is 6.10 Å². The molecule has 80 valence electrons. The summed E-state index contributed by atoms with van der Waals surface area (Å²) in [6, 6.07) is 8.58. The van der Waals surface area contributed by atoms with Gasteiger partial charge >= 0.3 is 0 Å². The summed E-state index contributed by atoms with van der Waals surface area (Å²) in [5.41, 5.74) is 1.19. The average Bonchev–Trinajstić information content (AvgIpc) is 2.48. The number of benzene rings is 1. The Morgan fingerprint density at radius 1 is 1.20 bits per heavy atom. The number of morpholine rings is 1. The minimum absolute atomic E-state index is 0.164. The van der Waals surface area contributed by atoms with Crippen molar-refractivity contribution in [3.05, 3.63) is 29.8 Å². The van der Waals surface area contributed by atoms with E-state index in [0.717, 1.165) is 31.9 Å². The Morgan fingerprint density at radius 2 is 2.13 bits per heavy atom. The lowest BCUT2D eigenvalue weighted by atomic mass is 9.99. The maximum absolute atomic E-state index is 5.85. The van der Waals surface area contributed by atoms with Crippen molar-refractivity contribution in [1.29, 1.82) is 0 Å². The Balaban J connectivity index is 1.99. The van der Waals surface area contributed by atoms with Gasteiger partial charge in [0.05, 0.1) is 13.2 Å². The molecule has 0 aliphatic carbocycles. The van der Waals surface area contributed by atoms with E-state index in [0.29, 0.717) is 6.04 Å². The van der Waals surface area contributed by atoms with Crippen molar-refractivity contribution in [3.8, 4) is 5.75 Å². The van der Waals surface area contributed by atoms with Crippen LogP contribution in [0.25, 0.3) is 0 Å². The lowest BCUT2D eigenvalue weighted by Gasteiger charge is -2.31. The third-order valence-electron chi connectivity index (χ3n) is 3.08. The molecule has 2 aliphatic heterocycles. The molecule has 2 heterocycles. The summed E-state index contributed by atoms with van der Waals surface area (Å²) >= 11 is 0. The molecule has 1 aromatic rings. The first-order valence-corrected chi connectivity index (χ1v) is 5.52. The van der Waals surface area contributed by atoms with Crippen molar-refractivity contribution < 1.29 is 9.47 Å². The molecule has 1 fully saturated rings. The Kier molecular flexibility index (Phi) is 2.35. The molecule has 3 rings (SSSR count). The molecule has 3 nitrogen and oxygen atoms in total. The van der Waals surface area contributed by atoms with E-state index in [4.69, 9.17) is 9.47 Å². The molecule has 0 aromatic heterocycles. The van der Waals surface area contributed by atoms with Gasteiger partial charge in [-0.05, 0) is 12.5 Å². The summed E-state index contributed by atoms with van der Waals surface area (Å²) in [6.07, 6.45) is 1.18. The van der Waals surface area contributed by atoms with Gasteiger partial charge in [0.15, 0.2) is 0 Å². The van der Waals surface area contributed by atoms with Crippen LogP contribution >= 0.6 is 0 Å². The van der Waals surface area contributed by atoms with Crippen molar-refractivity contribution in [2.45, 2.75) is 18.6 Å². The van der Waals surface area contributed by atoms with Gasteiger partial charge in [-0.1, -0.05) is 18.2 Å². The van der Waals surface area contributed by atoms with Gasteiger partial charge in [0.1, 0.15) is 11.9 Å². The first-order valence-electron chi connectivity index (χ1n) is 5.52. The smallest absolute Gasteiger partial charge is 0.125 e. The van der Waals surface area contributed by atoms with Crippen molar-refractivity contribution in [2.75, 3.05) is 19.8 Å². The zero-order chi connectivity index (χ0) is 10.1. The third kappa shape index (κ3) is 1.62. The molecular weight excluding hydrogens is 190 g/mol. The fourth-order valence-corrected chi connectivity index (χ4v) is 2.36. The largest absolute Gasteiger partial charge is 0.493 e. The minimum Gasteiger partial charge on any atom is -0.493 e. The van der Waals surface area contributed by atoms with Gasteiger partial charge in [0, 0.05) is 18.2 Å². The summed E-state index contributed by atoms with van der Waals surface area (Å²) in [6.45, 7) is 2.51. The second-order valence-corrected chi connectivity index (χ2v) is 4.03. The molecule has 1 N–H and O–H groups in total. The van der Waals surface area contributed by atoms with Gasteiger partial charge in [-0.3, -0.25) is 0 Å². The van der Waals surface area contributed by atoms with E-state index in [9.17, 15) is 0 Å². The van der Waals surface area contributed by atoms with E-state index < -0.39 is 0 Å². The molecule has 0 radical (unpaired) electrons. The normalized spacial score (nSPS) is 29.6.